The van der Waals surface area contributed by atoms with Gasteiger partial charge in [-0.05, 0) is 20.3 Å². The second-order valence-electron chi connectivity index (χ2n) is 4.21. The molecule has 0 unspecified atom stereocenters. The lowest BCUT2D eigenvalue weighted by Crippen LogP contribution is -2.27. The van der Waals surface area contributed by atoms with E-state index in [-0.39, 0.29) is 5.91 Å². The minimum Gasteiger partial charge on any atom is -0.329 e. The summed E-state index contributed by atoms with van der Waals surface area (Å²) in [7, 11) is 0. The first-order valence-corrected chi connectivity index (χ1v) is 6.01. The summed E-state index contributed by atoms with van der Waals surface area (Å²) in [5, 5.41) is 0. The minimum atomic E-state index is 0.168. The number of anilines is 1. The van der Waals surface area contributed by atoms with Gasteiger partial charge in [0, 0.05) is 18.3 Å². The highest BCUT2D eigenvalue weighted by Crippen LogP contribution is 2.17. The van der Waals surface area contributed by atoms with Crippen molar-refractivity contribution in [3.05, 3.63) is 17.6 Å². The molecule has 1 amide bonds. The van der Waals surface area contributed by atoms with Crippen LogP contribution < -0.4 is 4.90 Å². The molecule has 1 aliphatic heterocycles. The van der Waals surface area contributed by atoms with Gasteiger partial charge in [0.25, 0.3) is 0 Å². The Balaban J connectivity index is 2.23. The standard InChI is InChI=1S/C12H18N4O/c1-4-10-6-11(14-9(3)13-10)16-7-12(17)15(5-2)8-16/h6H,4-5,7-8H2,1-3H3. The zero-order valence-corrected chi connectivity index (χ0v) is 10.6. The van der Waals surface area contributed by atoms with Crippen molar-refractivity contribution < 1.29 is 4.79 Å². The van der Waals surface area contributed by atoms with Crippen LogP contribution in [-0.2, 0) is 11.2 Å². The van der Waals surface area contributed by atoms with Crippen molar-refractivity contribution >= 4 is 11.7 Å². The number of likely N-dealkylation sites (N-methyl/N-ethyl adjacent to an activating group) is 1. The molecule has 0 bridgehead atoms. The van der Waals surface area contributed by atoms with Gasteiger partial charge in [-0.1, -0.05) is 6.92 Å². The van der Waals surface area contributed by atoms with Gasteiger partial charge in [0.1, 0.15) is 18.2 Å². The first-order chi connectivity index (χ1) is 8.13. The zero-order valence-electron chi connectivity index (χ0n) is 10.6. The van der Waals surface area contributed by atoms with E-state index in [0.29, 0.717) is 13.2 Å². The number of hydrogen-bond donors (Lipinski definition) is 0. The molecule has 1 saturated heterocycles. The number of carbonyl (C=O) groups excluding carboxylic acids is 1. The lowest BCUT2D eigenvalue weighted by molar-refractivity contribution is -0.126. The summed E-state index contributed by atoms with van der Waals surface area (Å²) < 4.78 is 0. The molecule has 92 valence electrons. The van der Waals surface area contributed by atoms with Crippen LogP contribution in [0.3, 0.4) is 0 Å². The van der Waals surface area contributed by atoms with E-state index >= 15 is 0 Å². The second kappa shape index (κ2) is 4.69. The van der Waals surface area contributed by atoms with Crippen molar-refractivity contribution in [2.24, 2.45) is 0 Å². The van der Waals surface area contributed by atoms with Gasteiger partial charge in [0.05, 0.1) is 6.67 Å². The number of nitrogens with zero attached hydrogens (tertiary/aromatic N) is 4. The Bertz CT molecular complexity index is 433. The molecule has 2 rings (SSSR count). The quantitative estimate of drug-likeness (QED) is 0.782. The Kier molecular flexibility index (Phi) is 3.26. The highest BCUT2D eigenvalue weighted by Gasteiger charge is 2.27. The molecule has 0 atom stereocenters. The average molecular weight is 234 g/mol. The number of amides is 1. The van der Waals surface area contributed by atoms with Crippen LogP contribution in [0.4, 0.5) is 5.82 Å². The molecule has 2 heterocycles. The van der Waals surface area contributed by atoms with Crippen LogP contribution in [0.2, 0.25) is 0 Å². The molecule has 1 aromatic heterocycles. The normalized spacial score (nSPS) is 15.8. The fourth-order valence-corrected chi connectivity index (χ4v) is 1.98. The first-order valence-electron chi connectivity index (χ1n) is 6.01. The van der Waals surface area contributed by atoms with Crippen LogP contribution in [0.1, 0.15) is 25.4 Å². The Morgan fingerprint density at radius 1 is 1.35 bits per heavy atom. The molecular weight excluding hydrogens is 216 g/mol. The van der Waals surface area contributed by atoms with Crippen molar-refractivity contribution in [2.45, 2.75) is 27.2 Å². The zero-order chi connectivity index (χ0) is 12.4. The summed E-state index contributed by atoms with van der Waals surface area (Å²) in [5.41, 5.74) is 1.02. The summed E-state index contributed by atoms with van der Waals surface area (Å²) in [6.07, 6.45) is 0.885. The maximum Gasteiger partial charge on any atom is 0.243 e. The minimum absolute atomic E-state index is 0.168. The molecule has 1 aromatic rings. The molecule has 5 nitrogen and oxygen atoms in total. The van der Waals surface area contributed by atoms with E-state index in [0.717, 1.165) is 30.3 Å². The molecule has 1 fully saturated rings. The SMILES string of the molecule is CCc1cc(N2CC(=O)N(CC)C2)nc(C)n1. The third-order valence-electron chi connectivity index (χ3n) is 2.97. The van der Waals surface area contributed by atoms with Gasteiger partial charge in [0.15, 0.2) is 0 Å². The lowest BCUT2D eigenvalue weighted by atomic mass is 10.3. The Morgan fingerprint density at radius 2 is 2.12 bits per heavy atom. The predicted octanol–water partition coefficient (Wildman–Crippen LogP) is 0.973. The second-order valence-corrected chi connectivity index (χ2v) is 4.21. The van der Waals surface area contributed by atoms with E-state index in [9.17, 15) is 4.79 Å². The van der Waals surface area contributed by atoms with E-state index in [4.69, 9.17) is 0 Å². The fourth-order valence-electron chi connectivity index (χ4n) is 1.98. The number of aromatic nitrogens is 2. The molecule has 0 saturated carbocycles. The van der Waals surface area contributed by atoms with Gasteiger partial charge < -0.3 is 9.80 Å². The van der Waals surface area contributed by atoms with Gasteiger partial charge in [-0.25, -0.2) is 9.97 Å². The van der Waals surface area contributed by atoms with Crippen molar-refractivity contribution in [1.82, 2.24) is 14.9 Å². The van der Waals surface area contributed by atoms with Gasteiger partial charge >= 0.3 is 0 Å². The third-order valence-corrected chi connectivity index (χ3v) is 2.97. The molecule has 1 aliphatic rings. The molecule has 17 heavy (non-hydrogen) atoms. The molecule has 0 N–H and O–H groups in total. The van der Waals surface area contributed by atoms with Gasteiger partial charge in [0.2, 0.25) is 5.91 Å². The number of aryl methyl sites for hydroxylation is 2. The summed E-state index contributed by atoms with van der Waals surface area (Å²) in [4.78, 5) is 24.2. The van der Waals surface area contributed by atoms with Crippen LogP contribution in [0.5, 0.6) is 0 Å². The topological polar surface area (TPSA) is 49.3 Å². The molecule has 0 spiro atoms. The van der Waals surface area contributed by atoms with E-state index < -0.39 is 0 Å². The lowest BCUT2D eigenvalue weighted by Gasteiger charge is -2.18. The van der Waals surface area contributed by atoms with E-state index in [1.54, 1.807) is 0 Å². The molecule has 0 aromatic carbocycles. The maximum atomic E-state index is 11.7. The number of rotatable bonds is 3. The van der Waals surface area contributed by atoms with Crippen LogP contribution in [0, 0.1) is 6.92 Å². The van der Waals surface area contributed by atoms with Crippen molar-refractivity contribution in [3.8, 4) is 0 Å². The summed E-state index contributed by atoms with van der Waals surface area (Å²) in [6, 6.07) is 1.97. The van der Waals surface area contributed by atoms with Crippen LogP contribution in [0.15, 0.2) is 6.07 Å². The van der Waals surface area contributed by atoms with Gasteiger partial charge in [-0.3, -0.25) is 4.79 Å². The summed E-state index contributed by atoms with van der Waals surface area (Å²) >= 11 is 0. The fraction of sp³-hybridized carbons (Fsp3) is 0.583. The largest absolute Gasteiger partial charge is 0.329 e. The van der Waals surface area contributed by atoms with Crippen LogP contribution >= 0.6 is 0 Å². The maximum absolute atomic E-state index is 11.7. The number of hydrogen-bond acceptors (Lipinski definition) is 4. The highest BCUT2D eigenvalue weighted by molar-refractivity contribution is 5.84. The first kappa shape index (κ1) is 11.8. The van der Waals surface area contributed by atoms with Crippen molar-refractivity contribution in [2.75, 3.05) is 24.7 Å². The summed E-state index contributed by atoms with van der Waals surface area (Å²) in [5.74, 6) is 1.79. The Hall–Kier alpha value is -1.65. The predicted molar refractivity (Wildman–Crippen MR) is 65.7 cm³/mol. The van der Waals surface area contributed by atoms with Gasteiger partial charge in [-0.15, -0.1) is 0 Å². The van der Waals surface area contributed by atoms with Crippen molar-refractivity contribution in [1.29, 1.82) is 0 Å². The molecular formula is C12H18N4O. The van der Waals surface area contributed by atoms with E-state index in [2.05, 4.69) is 16.9 Å². The Labute approximate surface area is 101 Å². The Morgan fingerprint density at radius 3 is 2.71 bits per heavy atom. The van der Waals surface area contributed by atoms with Gasteiger partial charge in [-0.2, -0.15) is 0 Å². The monoisotopic (exact) mass is 234 g/mol. The third kappa shape index (κ3) is 2.38. The van der Waals surface area contributed by atoms with E-state index in [1.807, 2.05) is 29.7 Å². The smallest absolute Gasteiger partial charge is 0.243 e. The molecule has 0 aliphatic carbocycles. The molecule has 5 heteroatoms. The van der Waals surface area contributed by atoms with Crippen molar-refractivity contribution in [3.63, 3.8) is 0 Å². The number of carbonyl (C=O) groups is 1. The van der Waals surface area contributed by atoms with E-state index in [1.165, 1.54) is 0 Å². The van der Waals surface area contributed by atoms with Crippen LogP contribution in [-0.4, -0.2) is 40.5 Å². The average Bonchev–Trinajstić information content (AvgIpc) is 2.69. The molecule has 0 radical (unpaired) electrons. The summed E-state index contributed by atoms with van der Waals surface area (Å²) in [6.45, 7) is 7.75. The van der Waals surface area contributed by atoms with Crippen LogP contribution in [0.25, 0.3) is 0 Å². The highest BCUT2D eigenvalue weighted by atomic mass is 16.2.